The number of esters is 1. The average molecular weight is 563 g/mol. The highest BCUT2D eigenvalue weighted by atomic mass is 35.5. The third-order valence-corrected chi connectivity index (χ3v) is 7.39. The van der Waals surface area contributed by atoms with Crippen LogP contribution in [-0.2, 0) is 23.4 Å². The number of nitrogens with zero attached hydrogens (tertiary/aromatic N) is 2. The van der Waals surface area contributed by atoms with Crippen LogP contribution in [0, 0.1) is 5.82 Å². The molecule has 2 aromatic rings. The van der Waals surface area contributed by atoms with Crippen molar-refractivity contribution in [3.63, 3.8) is 0 Å². The molecule has 12 nitrogen and oxygen atoms in total. The number of rotatable bonds is 10. The molecule has 2 unspecified atom stereocenters. The molecule has 204 valence electrons. The van der Waals surface area contributed by atoms with Crippen LogP contribution in [0.2, 0.25) is 0 Å². The van der Waals surface area contributed by atoms with E-state index < -0.39 is 73.1 Å². The first-order chi connectivity index (χ1) is 17.2. The van der Waals surface area contributed by atoms with E-state index in [-0.39, 0.29) is 5.75 Å². The summed E-state index contributed by atoms with van der Waals surface area (Å²) >= 11 is 6.48. The van der Waals surface area contributed by atoms with Crippen LogP contribution in [0.15, 0.2) is 41.3 Å². The van der Waals surface area contributed by atoms with Gasteiger partial charge in [-0.3, -0.25) is 13.9 Å². The molecule has 1 aromatic carbocycles. The summed E-state index contributed by atoms with van der Waals surface area (Å²) in [5.41, 5.74) is 4.37. The minimum absolute atomic E-state index is 0.172. The first-order valence-corrected chi connectivity index (χ1v) is 13.2. The van der Waals surface area contributed by atoms with E-state index in [2.05, 4.69) is 10.1 Å². The Labute approximate surface area is 217 Å². The van der Waals surface area contributed by atoms with Crippen molar-refractivity contribution in [1.82, 2.24) is 14.6 Å². The minimum atomic E-state index is -4.27. The number of carbonyl (C=O) groups excluding carboxylic acids is 1. The van der Waals surface area contributed by atoms with Crippen LogP contribution < -0.4 is 21.0 Å². The molecule has 1 aliphatic rings. The highest BCUT2D eigenvalue weighted by Crippen LogP contribution is 2.48. The van der Waals surface area contributed by atoms with E-state index in [0.29, 0.717) is 0 Å². The van der Waals surface area contributed by atoms with Crippen molar-refractivity contribution in [2.45, 2.75) is 63.2 Å². The lowest BCUT2D eigenvalue weighted by Gasteiger charge is -2.26. The van der Waals surface area contributed by atoms with Gasteiger partial charge in [0.15, 0.2) is 17.9 Å². The highest BCUT2D eigenvalue weighted by Gasteiger charge is 2.54. The maximum atomic E-state index is 14.0. The standard InChI is InChI=1S/C22H29ClFN4O8P/c1-12(2)34-19(30)13(3)27-37(32,36-14-8-6-5-7-9-14)33-11-16-17(29)22(4,23)20(35-16)28-10-15(24)18(25)26-21(28)31/h5-10,12-13,16-17,20,29H,11H2,1-4H3,(H,27,32)(H2,25,26,31)/t13-,16-,17-,20?,22-,37?/m1/s1. The number of benzene rings is 1. The molecule has 15 heteroatoms. The number of nitrogens with one attached hydrogen (secondary N) is 1. The van der Waals surface area contributed by atoms with Crippen molar-refractivity contribution in [3.05, 3.63) is 52.8 Å². The summed E-state index contributed by atoms with van der Waals surface area (Å²) in [4.78, 5) is 26.3. The lowest BCUT2D eigenvalue weighted by Crippen LogP contribution is -2.42. The number of hydrogen-bond acceptors (Lipinski definition) is 10. The number of ether oxygens (including phenoxy) is 2. The van der Waals surface area contributed by atoms with Crippen LogP contribution in [-0.4, -0.2) is 56.5 Å². The molecule has 0 radical (unpaired) electrons. The molecule has 37 heavy (non-hydrogen) atoms. The fourth-order valence-corrected chi connectivity index (χ4v) is 5.28. The predicted octanol–water partition coefficient (Wildman–Crippen LogP) is 2.35. The summed E-state index contributed by atoms with van der Waals surface area (Å²) in [6.07, 6.45) is -3.75. The summed E-state index contributed by atoms with van der Waals surface area (Å²) in [5.74, 6) is -2.12. The Bertz CT molecular complexity index is 1210. The van der Waals surface area contributed by atoms with Crippen molar-refractivity contribution in [2.75, 3.05) is 12.3 Å². The molecule has 2 heterocycles. The molecule has 0 aliphatic carbocycles. The molecule has 1 aromatic heterocycles. The van der Waals surface area contributed by atoms with Crippen LogP contribution in [0.1, 0.15) is 33.9 Å². The molecule has 4 N–H and O–H groups in total. The lowest BCUT2D eigenvalue weighted by molar-refractivity contribution is -0.149. The Morgan fingerprint density at radius 1 is 1.38 bits per heavy atom. The maximum absolute atomic E-state index is 14.0. The van der Waals surface area contributed by atoms with Crippen LogP contribution in [0.3, 0.4) is 0 Å². The van der Waals surface area contributed by atoms with E-state index in [9.17, 15) is 23.7 Å². The lowest BCUT2D eigenvalue weighted by atomic mass is 10.0. The molecular formula is C22H29ClFN4O8P. The third-order valence-electron chi connectivity index (χ3n) is 5.34. The Balaban J connectivity index is 1.81. The van der Waals surface area contributed by atoms with E-state index in [1.54, 1.807) is 32.0 Å². The Morgan fingerprint density at radius 2 is 2.03 bits per heavy atom. The average Bonchev–Trinajstić information content (AvgIpc) is 3.03. The zero-order valence-corrected chi connectivity index (χ0v) is 22.2. The van der Waals surface area contributed by atoms with E-state index >= 15 is 0 Å². The summed E-state index contributed by atoms with van der Waals surface area (Å²) < 4.78 is 50.3. The van der Waals surface area contributed by atoms with E-state index in [0.717, 1.165) is 10.8 Å². The van der Waals surface area contributed by atoms with Gasteiger partial charge < -0.3 is 24.8 Å². The van der Waals surface area contributed by atoms with Gasteiger partial charge >= 0.3 is 19.4 Å². The molecule has 3 rings (SSSR count). The zero-order chi connectivity index (χ0) is 27.5. The maximum Gasteiger partial charge on any atom is 0.459 e. The monoisotopic (exact) mass is 562 g/mol. The summed E-state index contributed by atoms with van der Waals surface area (Å²) in [6.45, 7) is 5.55. The van der Waals surface area contributed by atoms with Gasteiger partial charge in [0, 0.05) is 0 Å². The first-order valence-electron chi connectivity index (χ1n) is 11.3. The molecular weight excluding hydrogens is 534 g/mol. The van der Waals surface area contributed by atoms with Crippen molar-refractivity contribution in [2.24, 2.45) is 0 Å². The molecule has 1 aliphatic heterocycles. The van der Waals surface area contributed by atoms with Crippen LogP contribution in [0.5, 0.6) is 5.75 Å². The summed E-state index contributed by atoms with van der Waals surface area (Å²) in [6, 6.07) is 6.95. The second-order valence-corrected chi connectivity index (χ2v) is 11.3. The van der Waals surface area contributed by atoms with Gasteiger partial charge in [-0.25, -0.2) is 13.8 Å². The van der Waals surface area contributed by atoms with Gasteiger partial charge in [-0.05, 0) is 39.8 Å². The second kappa shape index (κ2) is 11.5. The normalized spacial score (nSPS) is 26.0. The Kier molecular flexibility index (Phi) is 8.99. The van der Waals surface area contributed by atoms with Crippen molar-refractivity contribution in [3.8, 4) is 5.75 Å². The number of hydrogen-bond donors (Lipinski definition) is 3. The fraction of sp³-hybridized carbons (Fsp3) is 0.500. The Morgan fingerprint density at radius 3 is 2.65 bits per heavy atom. The molecule has 0 saturated carbocycles. The van der Waals surface area contributed by atoms with Crippen LogP contribution in [0.25, 0.3) is 0 Å². The molecule has 0 amide bonds. The van der Waals surface area contributed by atoms with Gasteiger partial charge in [0.05, 0.1) is 18.9 Å². The number of aliphatic hydroxyl groups is 1. The number of alkyl halides is 1. The van der Waals surface area contributed by atoms with Gasteiger partial charge in [-0.2, -0.15) is 10.1 Å². The second-order valence-electron chi connectivity index (χ2n) is 8.82. The number of aliphatic hydroxyl groups excluding tert-OH is 1. The minimum Gasteiger partial charge on any atom is -0.462 e. The highest BCUT2D eigenvalue weighted by molar-refractivity contribution is 7.52. The topological polar surface area (TPSA) is 164 Å². The number of halogens is 2. The van der Waals surface area contributed by atoms with E-state index in [4.69, 9.17) is 35.9 Å². The van der Waals surface area contributed by atoms with Crippen molar-refractivity contribution in [1.29, 1.82) is 0 Å². The first kappa shape index (κ1) is 29.0. The van der Waals surface area contributed by atoms with Gasteiger partial charge in [0.25, 0.3) is 0 Å². The van der Waals surface area contributed by atoms with Crippen LogP contribution in [0.4, 0.5) is 10.2 Å². The quantitative estimate of drug-likeness (QED) is 0.221. The summed E-state index contributed by atoms with van der Waals surface area (Å²) in [7, 11) is -4.27. The third kappa shape index (κ3) is 6.86. The number of anilines is 1. The number of carbonyl (C=O) groups is 1. The smallest absolute Gasteiger partial charge is 0.459 e. The molecule has 0 spiro atoms. The van der Waals surface area contributed by atoms with Gasteiger partial charge in [-0.1, -0.05) is 18.2 Å². The zero-order valence-electron chi connectivity index (χ0n) is 20.5. The van der Waals surface area contributed by atoms with E-state index in [1.165, 1.54) is 26.0 Å². The number of nitrogen functional groups attached to an aromatic ring is 1. The molecule has 1 fully saturated rings. The van der Waals surface area contributed by atoms with E-state index in [1.807, 2.05) is 0 Å². The summed E-state index contributed by atoms with van der Waals surface area (Å²) in [5, 5.41) is 13.3. The fourth-order valence-electron chi connectivity index (χ4n) is 3.48. The molecule has 1 saturated heterocycles. The van der Waals surface area contributed by atoms with Gasteiger partial charge in [0.1, 0.15) is 28.9 Å². The van der Waals surface area contributed by atoms with Crippen molar-refractivity contribution < 1.29 is 37.4 Å². The Hall–Kier alpha value is -2.54. The van der Waals surface area contributed by atoms with Gasteiger partial charge in [-0.15, -0.1) is 11.6 Å². The van der Waals surface area contributed by atoms with Gasteiger partial charge in [0.2, 0.25) is 0 Å². The number of aromatic nitrogens is 2. The molecule has 6 atom stereocenters. The van der Waals surface area contributed by atoms with Crippen LogP contribution >= 0.6 is 19.3 Å². The SMILES string of the molecule is CC(C)OC(=O)[C@@H](C)NP(=O)(OC[C@H]1OC(n2cc(F)c(N)nc2=O)[C@](C)(Cl)[C@@H]1O)Oc1ccccc1. The largest absolute Gasteiger partial charge is 0.462 e. The number of nitrogens with two attached hydrogens (primary N) is 1. The predicted molar refractivity (Wildman–Crippen MR) is 131 cm³/mol. The number of para-hydroxylation sites is 1. The molecule has 0 bridgehead atoms. The van der Waals surface area contributed by atoms with Crippen molar-refractivity contribution >= 4 is 31.1 Å².